The molecule has 2 bridgehead atoms. The van der Waals surface area contributed by atoms with Gasteiger partial charge in [-0.05, 0) is 37.1 Å². The van der Waals surface area contributed by atoms with Gasteiger partial charge in [0.15, 0.2) is 5.78 Å². The summed E-state index contributed by atoms with van der Waals surface area (Å²) in [5, 5.41) is 22.7. The van der Waals surface area contributed by atoms with Gasteiger partial charge in [0.2, 0.25) is 0 Å². The fourth-order valence-corrected chi connectivity index (χ4v) is 4.50. The van der Waals surface area contributed by atoms with Gasteiger partial charge in [-0.1, -0.05) is 30.7 Å². The van der Waals surface area contributed by atoms with Crippen LogP contribution in [0.5, 0.6) is 11.5 Å². The summed E-state index contributed by atoms with van der Waals surface area (Å²) in [6, 6.07) is 14.4. The van der Waals surface area contributed by atoms with Crippen molar-refractivity contribution in [2.45, 2.75) is 31.3 Å². The molecule has 1 aliphatic heterocycles. The molecule has 1 heterocycles. The van der Waals surface area contributed by atoms with E-state index in [1.165, 1.54) is 0 Å². The third kappa shape index (κ3) is 2.38. The number of quaternary nitrogens is 1. The van der Waals surface area contributed by atoms with Crippen molar-refractivity contribution < 1.29 is 20.3 Å². The van der Waals surface area contributed by atoms with Crippen molar-refractivity contribution in [2.75, 3.05) is 0 Å². The van der Waals surface area contributed by atoms with Crippen molar-refractivity contribution in [1.82, 2.24) is 0 Å². The van der Waals surface area contributed by atoms with Gasteiger partial charge in [0.25, 0.3) is 0 Å². The van der Waals surface area contributed by atoms with Crippen molar-refractivity contribution in [2.24, 2.45) is 11.8 Å². The summed E-state index contributed by atoms with van der Waals surface area (Å²) in [5.41, 5.74) is 1.63. The number of benzene rings is 2. The van der Waals surface area contributed by atoms with Crippen molar-refractivity contribution in [3.63, 3.8) is 0 Å². The average Bonchev–Trinajstić information content (AvgIpc) is 2.57. The number of fused-ring (bicyclic) bond motifs is 2. The van der Waals surface area contributed by atoms with Crippen LogP contribution in [0.25, 0.3) is 0 Å². The van der Waals surface area contributed by atoms with E-state index < -0.39 is 0 Å². The monoisotopic (exact) mass is 324 g/mol. The molecule has 4 nitrogen and oxygen atoms in total. The van der Waals surface area contributed by atoms with Crippen LogP contribution in [0, 0.1) is 11.8 Å². The van der Waals surface area contributed by atoms with Gasteiger partial charge in [-0.2, -0.15) is 0 Å². The number of carbonyl (C=O) groups is 1. The first-order valence-electron chi connectivity index (χ1n) is 8.61. The number of piperidine rings is 1. The van der Waals surface area contributed by atoms with Crippen LogP contribution in [-0.4, -0.2) is 16.0 Å². The van der Waals surface area contributed by atoms with Crippen LogP contribution in [0.1, 0.15) is 42.5 Å². The summed E-state index contributed by atoms with van der Waals surface area (Å²) in [6.07, 6.45) is 2.76. The number of para-hydroxylation sites is 2. The second-order valence-electron chi connectivity index (χ2n) is 6.91. The Balaban J connectivity index is 1.78. The lowest BCUT2D eigenvalue weighted by molar-refractivity contribution is -0.750. The molecule has 0 spiro atoms. The highest BCUT2D eigenvalue weighted by Gasteiger charge is 2.50. The molecule has 1 saturated carbocycles. The van der Waals surface area contributed by atoms with E-state index in [9.17, 15) is 15.0 Å². The Bertz CT molecular complexity index is 711. The van der Waals surface area contributed by atoms with Gasteiger partial charge in [0, 0.05) is 0 Å². The summed E-state index contributed by atoms with van der Waals surface area (Å²) in [5.74, 6) is 0.654. The summed E-state index contributed by atoms with van der Waals surface area (Å²) in [6.45, 7) is 0. The third-order valence-corrected chi connectivity index (χ3v) is 5.63. The molecule has 0 radical (unpaired) electrons. The Morgan fingerprint density at radius 3 is 1.71 bits per heavy atom. The van der Waals surface area contributed by atoms with E-state index in [-0.39, 0.29) is 41.2 Å². The van der Waals surface area contributed by atoms with E-state index in [0.29, 0.717) is 0 Å². The van der Waals surface area contributed by atoms with Crippen LogP contribution < -0.4 is 5.32 Å². The van der Waals surface area contributed by atoms with E-state index in [0.717, 1.165) is 30.4 Å². The lowest BCUT2D eigenvalue weighted by Gasteiger charge is -2.42. The van der Waals surface area contributed by atoms with Gasteiger partial charge in [0.05, 0.1) is 23.0 Å². The van der Waals surface area contributed by atoms with E-state index in [1.807, 2.05) is 24.3 Å². The number of hydrogen-bond acceptors (Lipinski definition) is 3. The molecule has 2 aromatic carbocycles. The van der Waals surface area contributed by atoms with E-state index >= 15 is 0 Å². The molecule has 24 heavy (non-hydrogen) atoms. The molecule has 1 aliphatic carbocycles. The minimum absolute atomic E-state index is 0.0563. The molecule has 4 atom stereocenters. The minimum Gasteiger partial charge on any atom is -0.507 e. The van der Waals surface area contributed by atoms with Crippen LogP contribution >= 0.6 is 0 Å². The molecular formula is C20H22NO3+. The molecule has 4 N–H and O–H groups in total. The smallest absolute Gasteiger partial charge is 0.151 e. The van der Waals surface area contributed by atoms with Crippen LogP contribution in [0.15, 0.2) is 48.5 Å². The zero-order valence-corrected chi connectivity index (χ0v) is 13.4. The largest absolute Gasteiger partial charge is 0.507 e. The maximum Gasteiger partial charge on any atom is 0.151 e. The van der Waals surface area contributed by atoms with Gasteiger partial charge in [0.1, 0.15) is 23.6 Å². The second-order valence-corrected chi connectivity index (χ2v) is 6.91. The molecule has 2 aliphatic rings. The maximum absolute atomic E-state index is 13.0. The highest BCUT2D eigenvalue weighted by molar-refractivity contribution is 5.86. The number of hydrogen-bond donors (Lipinski definition) is 3. The number of aromatic hydroxyl groups is 2. The maximum atomic E-state index is 13.0. The predicted molar refractivity (Wildman–Crippen MR) is 89.5 cm³/mol. The standard InChI is InChI=1S/C20H21NO3/c22-16-10-3-1-6-12(16)18-14-8-5-9-15(20(14)24)19(21-18)13-7-2-4-11-17(13)23/h1-4,6-7,10-11,14-15,18-19,21-23H,5,8-9H2/p+1/t14-,15-,18-,19-/m0/s1. The molecule has 4 heteroatoms. The van der Waals surface area contributed by atoms with E-state index in [4.69, 9.17) is 0 Å². The Morgan fingerprint density at radius 1 is 0.792 bits per heavy atom. The first kappa shape index (κ1) is 15.2. The first-order chi connectivity index (χ1) is 11.7. The topological polar surface area (TPSA) is 74.1 Å². The van der Waals surface area contributed by atoms with Crippen LogP contribution in [-0.2, 0) is 4.79 Å². The molecule has 1 saturated heterocycles. The van der Waals surface area contributed by atoms with Crippen LogP contribution in [0.2, 0.25) is 0 Å². The number of phenolic OH excluding ortho intramolecular Hbond substituents is 2. The number of rotatable bonds is 2. The lowest BCUT2D eigenvalue weighted by atomic mass is 9.67. The Hall–Kier alpha value is -2.33. The number of Topliss-reactive ketones (excluding diaryl/α,β-unsaturated/α-hetero) is 1. The Labute approximate surface area is 141 Å². The van der Waals surface area contributed by atoms with Gasteiger partial charge < -0.3 is 15.5 Å². The fourth-order valence-electron chi connectivity index (χ4n) is 4.50. The Kier molecular flexibility index (Phi) is 3.77. The quantitative estimate of drug-likeness (QED) is 0.794. The third-order valence-electron chi connectivity index (χ3n) is 5.63. The van der Waals surface area contributed by atoms with E-state index in [2.05, 4.69) is 5.32 Å². The molecule has 0 aromatic heterocycles. The molecule has 124 valence electrons. The van der Waals surface area contributed by atoms with Gasteiger partial charge in [-0.15, -0.1) is 0 Å². The lowest BCUT2D eigenvalue weighted by Crippen LogP contribution is -2.92. The number of carbonyl (C=O) groups excluding carboxylic acids is 1. The van der Waals surface area contributed by atoms with E-state index in [1.54, 1.807) is 24.3 Å². The van der Waals surface area contributed by atoms with Crippen LogP contribution in [0.4, 0.5) is 0 Å². The Morgan fingerprint density at radius 2 is 1.25 bits per heavy atom. The molecule has 0 unspecified atom stereocenters. The van der Waals surface area contributed by atoms with Crippen molar-refractivity contribution in [3.8, 4) is 11.5 Å². The average molecular weight is 324 g/mol. The summed E-state index contributed by atoms with van der Waals surface area (Å²) < 4.78 is 0. The number of nitrogens with two attached hydrogens (primary N) is 1. The SMILES string of the molecule is O=C1[C@H]2CCC[C@H]1[C@H](c1ccccc1O)[NH2+][C@H]2c1ccccc1O. The zero-order chi connectivity index (χ0) is 16.7. The fraction of sp³-hybridized carbons (Fsp3) is 0.350. The number of ketones is 1. The highest BCUT2D eigenvalue weighted by atomic mass is 16.3. The summed E-state index contributed by atoms with van der Waals surface area (Å²) in [7, 11) is 0. The second kappa shape index (κ2) is 5.95. The molecular weight excluding hydrogens is 302 g/mol. The first-order valence-corrected chi connectivity index (χ1v) is 8.61. The molecule has 2 fully saturated rings. The van der Waals surface area contributed by atoms with Crippen molar-refractivity contribution in [3.05, 3.63) is 59.7 Å². The van der Waals surface area contributed by atoms with Crippen molar-refractivity contribution in [1.29, 1.82) is 0 Å². The van der Waals surface area contributed by atoms with Gasteiger partial charge in [-0.25, -0.2) is 0 Å². The normalized spacial score (nSPS) is 29.4. The number of phenols is 2. The zero-order valence-electron chi connectivity index (χ0n) is 13.4. The van der Waals surface area contributed by atoms with Gasteiger partial charge >= 0.3 is 0 Å². The minimum atomic E-state index is -0.0974. The molecule has 2 aromatic rings. The highest BCUT2D eigenvalue weighted by Crippen LogP contribution is 2.44. The molecule has 0 amide bonds. The van der Waals surface area contributed by atoms with Crippen molar-refractivity contribution >= 4 is 5.78 Å². The summed E-state index contributed by atoms with van der Waals surface area (Å²) in [4.78, 5) is 13.0. The van der Waals surface area contributed by atoms with Gasteiger partial charge in [-0.3, -0.25) is 4.79 Å². The molecule has 4 rings (SSSR count). The predicted octanol–water partition coefficient (Wildman–Crippen LogP) is 2.44. The summed E-state index contributed by atoms with van der Waals surface area (Å²) >= 11 is 0. The van der Waals surface area contributed by atoms with Crippen LogP contribution in [0.3, 0.4) is 0 Å².